The fourth-order valence-corrected chi connectivity index (χ4v) is 6.26. The molecule has 0 unspecified atom stereocenters. The topological polar surface area (TPSA) is 88.4 Å². The van der Waals surface area contributed by atoms with Crippen LogP contribution in [0.1, 0.15) is 57.9 Å². The minimum Gasteiger partial charge on any atom is -0.479 e. The molecule has 6 heteroatoms. The Bertz CT molecular complexity index is 806. The monoisotopic (exact) mass is 410 g/mol. The highest BCUT2D eigenvalue weighted by Gasteiger charge is 2.53. The van der Waals surface area contributed by atoms with Crippen LogP contribution >= 0.6 is 0 Å². The van der Waals surface area contributed by atoms with Crippen LogP contribution in [0.25, 0.3) is 0 Å². The maximum Gasteiger partial charge on any atom is 0.347 e. The largest absolute Gasteiger partial charge is 0.479 e. The van der Waals surface area contributed by atoms with Gasteiger partial charge >= 0.3 is 5.97 Å². The van der Waals surface area contributed by atoms with Crippen LogP contribution in [0.2, 0.25) is 0 Å². The second-order valence-electron chi connectivity index (χ2n) is 9.57. The molecule has 1 N–H and O–H groups in total. The molecule has 5 rings (SSSR count). The maximum absolute atomic E-state index is 12.4. The molecule has 0 radical (unpaired) electrons. The Morgan fingerprint density at radius 3 is 2.20 bits per heavy atom. The number of esters is 1. The van der Waals surface area contributed by atoms with Gasteiger partial charge in [-0.15, -0.1) is 0 Å². The lowest BCUT2D eigenvalue weighted by molar-refractivity contribution is -0.155. The number of nitrogens with zero attached hydrogens (tertiary/aromatic N) is 1. The normalized spacial score (nSPS) is 30.8. The van der Waals surface area contributed by atoms with Crippen molar-refractivity contribution in [2.45, 2.75) is 64.5 Å². The van der Waals surface area contributed by atoms with Crippen molar-refractivity contribution >= 4 is 11.9 Å². The third kappa shape index (κ3) is 4.30. The van der Waals surface area contributed by atoms with Crippen LogP contribution in [0.5, 0.6) is 5.75 Å². The number of benzene rings is 1. The predicted octanol–water partition coefficient (Wildman–Crippen LogP) is 3.59. The van der Waals surface area contributed by atoms with E-state index in [2.05, 4.69) is 12.2 Å². The van der Waals surface area contributed by atoms with Crippen molar-refractivity contribution < 1.29 is 19.1 Å². The zero-order chi connectivity index (χ0) is 21.3. The van der Waals surface area contributed by atoms with E-state index < -0.39 is 12.1 Å². The maximum atomic E-state index is 12.4. The highest BCUT2D eigenvalue weighted by molar-refractivity contribution is 5.82. The fraction of sp³-hybridized carbons (Fsp3) is 0.625. The Morgan fingerprint density at radius 1 is 1.10 bits per heavy atom. The summed E-state index contributed by atoms with van der Waals surface area (Å²) in [5.74, 6) is 2.11. The lowest BCUT2D eigenvalue weighted by atomic mass is 9.48. The van der Waals surface area contributed by atoms with Crippen LogP contribution in [0.15, 0.2) is 24.3 Å². The summed E-state index contributed by atoms with van der Waals surface area (Å²) in [6.07, 6.45) is 6.92. The van der Waals surface area contributed by atoms with Crippen LogP contribution < -0.4 is 10.1 Å². The smallest absolute Gasteiger partial charge is 0.347 e. The van der Waals surface area contributed by atoms with Crippen LogP contribution in [0.4, 0.5) is 0 Å². The number of hydrogen-bond donors (Lipinski definition) is 1. The first kappa shape index (κ1) is 20.7. The van der Waals surface area contributed by atoms with Gasteiger partial charge in [-0.25, -0.2) is 4.79 Å². The van der Waals surface area contributed by atoms with E-state index in [9.17, 15) is 9.59 Å². The summed E-state index contributed by atoms with van der Waals surface area (Å²) in [6.45, 7) is 3.40. The number of hydrogen-bond acceptors (Lipinski definition) is 5. The van der Waals surface area contributed by atoms with E-state index in [1.165, 1.54) is 38.5 Å². The standard InChI is InChI=1S/C24H30N2O4/c1-15(30-21-5-3-17(13-25)4-6-21)23(28)29-14-22(27)26-16(2)24-10-18-7-19(11-24)9-20(8-18)12-24/h3-6,15-16,18-20H,7-12,14H2,1-2H3,(H,26,27)/t15-,16-,18?,19?,20?,24?/m0/s1. The molecule has 2 atom stereocenters. The molecule has 4 fully saturated rings. The van der Waals surface area contributed by atoms with Crippen molar-refractivity contribution in [2.24, 2.45) is 23.2 Å². The first-order chi connectivity index (χ1) is 14.4. The van der Waals surface area contributed by atoms with Gasteiger partial charge < -0.3 is 14.8 Å². The summed E-state index contributed by atoms with van der Waals surface area (Å²) in [5.41, 5.74) is 0.739. The summed E-state index contributed by atoms with van der Waals surface area (Å²) in [5, 5.41) is 11.9. The third-order valence-corrected chi connectivity index (χ3v) is 7.36. The van der Waals surface area contributed by atoms with Crippen molar-refractivity contribution in [2.75, 3.05) is 6.61 Å². The molecule has 4 bridgehead atoms. The zero-order valence-corrected chi connectivity index (χ0v) is 17.7. The lowest BCUT2D eigenvalue weighted by Crippen LogP contribution is -2.56. The Kier molecular flexibility index (Phi) is 5.73. The van der Waals surface area contributed by atoms with Crippen molar-refractivity contribution in [1.82, 2.24) is 5.32 Å². The van der Waals surface area contributed by atoms with Gasteiger partial charge in [-0.3, -0.25) is 4.79 Å². The van der Waals surface area contributed by atoms with Gasteiger partial charge in [0.1, 0.15) is 5.75 Å². The second kappa shape index (κ2) is 8.29. The van der Waals surface area contributed by atoms with Crippen molar-refractivity contribution in [3.63, 3.8) is 0 Å². The molecule has 1 aromatic rings. The minimum absolute atomic E-state index is 0.101. The summed E-state index contributed by atoms with van der Waals surface area (Å²) < 4.78 is 10.7. The number of nitriles is 1. The molecule has 1 amide bonds. The molecule has 0 spiro atoms. The van der Waals surface area contributed by atoms with E-state index in [0.29, 0.717) is 11.3 Å². The van der Waals surface area contributed by atoms with E-state index in [4.69, 9.17) is 14.7 Å². The molecule has 30 heavy (non-hydrogen) atoms. The Labute approximate surface area is 177 Å². The fourth-order valence-electron chi connectivity index (χ4n) is 6.26. The van der Waals surface area contributed by atoms with Gasteiger partial charge in [-0.2, -0.15) is 5.26 Å². The van der Waals surface area contributed by atoms with Gasteiger partial charge in [0.25, 0.3) is 5.91 Å². The number of carbonyl (C=O) groups is 2. The van der Waals surface area contributed by atoms with Crippen LogP contribution in [-0.4, -0.2) is 30.6 Å². The molecule has 0 aliphatic heterocycles. The van der Waals surface area contributed by atoms with Crippen molar-refractivity contribution in [1.29, 1.82) is 5.26 Å². The average Bonchev–Trinajstić information content (AvgIpc) is 2.71. The zero-order valence-electron chi connectivity index (χ0n) is 17.7. The first-order valence-electron chi connectivity index (χ1n) is 11.0. The number of ether oxygens (including phenoxy) is 2. The van der Waals surface area contributed by atoms with Crippen LogP contribution in [-0.2, 0) is 14.3 Å². The molecule has 0 saturated heterocycles. The minimum atomic E-state index is -0.841. The van der Waals surface area contributed by atoms with E-state index in [1.807, 2.05) is 6.07 Å². The Hall–Kier alpha value is -2.55. The molecule has 1 aromatic carbocycles. The molecule has 4 saturated carbocycles. The number of nitrogens with one attached hydrogen (secondary N) is 1. The highest BCUT2D eigenvalue weighted by atomic mass is 16.6. The molecular weight excluding hydrogens is 380 g/mol. The Morgan fingerprint density at radius 2 is 1.67 bits per heavy atom. The first-order valence-corrected chi connectivity index (χ1v) is 11.0. The van der Waals surface area contributed by atoms with E-state index in [1.54, 1.807) is 31.2 Å². The third-order valence-electron chi connectivity index (χ3n) is 7.36. The summed E-state index contributed by atoms with van der Waals surface area (Å²) in [6, 6.07) is 8.62. The number of amides is 1. The SMILES string of the molecule is C[C@H](Oc1ccc(C#N)cc1)C(=O)OCC(=O)N[C@@H](C)C12CC3CC(CC(C3)C1)C2. The van der Waals surface area contributed by atoms with E-state index in [-0.39, 0.29) is 24.0 Å². The molecular formula is C24H30N2O4. The van der Waals surface area contributed by atoms with Gasteiger partial charge in [0.05, 0.1) is 11.6 Å². The molecule has 4 aliphatic rings. The van der Waals surface area contributed by atoms with Gasteiger partial charge in [-0.1, -0.05) is 0 Å². The second-order valence-corrected chi connectivity index (χ2v) is 9.57. The molecule has 6 nitrogen and oxygen atoms in total. The van der Waals surface area contributed by atoms with Gasteiger partial charge in [-0.05, 0) is 99.8 Å². The van der Waals surface area contributed by atoms with Gasteiger partial charge in [0.15, 0.2) is 12.7 Å². The molecule has 4 aliphatic carbocycles. The quantitative estimate of drug-likeness (QED) is 0.694. The summed E-state index contributed by atoms with van der Waals surface area (Å²) >= 11 is 0. The average molecular weight is 411 g/mol. The van der Waals surface area contributed by atoms with E-state index in [0.717, 1.165) is 17.8 Å². The molecule has 160 valence electrons. The predicted molar refractivity (Wildman–Crippen MR) is 110 cm³/mol. The summed E-state index contributed by atoms with van der Waals surface area (Å²) in [4.78, 5) is 24.6. The lowest BCUT2D eigenvalue weighted by Gasteiger charge is -2.59. The molecule has 0 aromatic heterocycles. The van der Waals surface area contributed by atoms with Crippen molar-refractivity contribution in [3.05, 3.63) is 29.8 Å². The van der Waals surface area contributed by atoms with Crippen LogP contribution in [0.3, 0.4) is 0 Å². The van der Waals surface area contributed by atoms with Gasteiger partial charge in [0, 0.05) is 6.04 Å². The van der Waals surface area contributed by atoms with Crippen LogP contribution in [0, 0.1) is 34.5 Å². The highest BCUT2D eigenvalue weighted by Crippen LogP contribution is 2.61. The summed E-state index contributed by atoms with van der Waals surface area (Å²) in [7, 11) is 0. The molecule has 0 heterocycles. The van der Waals surface area contributed by atoms with Gasteiger partial charge in [0.2, 0.25) is 0 Å². The van der Waals surface area contributed by atoms with Crippen molar-refractivity contribution in [3.8, 4) is 11.8 Å². The van der Waals surface area contributed by atoms with E-state index >= 15 is 0 Å². The number of carbonyl (C=O) groups excluding carboxylic acids is 2. The Balaban J connectivity index is 1.24. The number of rotatable bonds is 7.